The number of anilines is 2. The van der Waals surface area contributed by atoms with Crippen molar-refractivity contribution in [3.05, 3.63) is 113 Å². The van der Waals surface area contributed by atoms with Crippen molar-refractivity contribution in [3.8, 4) is 5.75 Å². The maximum Gasteiger partial charge on any atom is 0.163 e. The molecule has 186 valence electrons. The SMILES string of the molecule is CC(C)COc1ccc(C2CC(=O)C3=C(C2)Nc2ccccc2NC3c2cccc3ccccc23)cc1. The molecule has 0 bridgehead atoms. The molecule has 1 aliphatic heterocycles. The molecule has 0 saturated carbocycles. The molecule has 37 heavy (non-hydrogen) atoms. The van der Waals surface area contributed by atoms with Gasteiger partial charge in [0.15, 0.2) is 5.78 Å². The smallest absolute Gasteiger partial charge is 0.163 e. The van der Waals surface area contributed by atoms with Crippen LogP contribution < -0.4 is 15.4 Å². The predicted octanol–water partition coefficient (Wildman–Crippen LogP) is 7.85. The number of para-hydroxylation sites is 2. The maximum atomic E-state index is 13.9. The Morgan fingerprint density at radius 2 is 1.57 bits per heavy atom. The predicted molar refractivity (Wildman–Crippen MR) is 151 cm³/mol. The summed E-state index contributed by atoms with van der Waals surface area (Å²) < 4.78 is 5.87. The summed E-state index contributed by atoms with van der Waals surface area (Å²) in [6.45, 7) is 4.99. The molecule has 1 heterocycles. The molecule has 2 unspecified atom stereocenters. The van der Waals surface area contributed by atoms with Gasteiger partial charge in [-0.2, -0.15) is 0 Å². The van der Waals surface area contributed by atoms with Crippen LogP contribution >= 0.6 is 0 Å². The van der Waals surface area contributed by atoms with Crippen LogP contribution in [0.15, 0.2) is 102 Å². The van der Waals surface area contributed by atoms with Crippen LogP contribution in [-0.4, -0.2) is 12.4 Å². The Labute approximate surface area is 218 Å². The van der Waals surface area contributed by atoms with E-state index in [4.69, 9.17) is 4.74 Å². The summed E-state index contributed by atoms with van der Waals surface area (Å²) in [6, 6.07) is 31.1. The Hall–Kier alpha value is -4.05. The Morgan fingerprint density at radius 1 is 0.838 bits per heavy atom. The van der Waals surface area contributed by atoms with Crippen molar-refractivity contribution in [1.29, 1.82) is 0 Å². The third-order valence-electron chi connectivity index (χ3n) is 7.38. The van der Waals surface area contributed by atoms with Crippen LogP contribution in [0, 0.1) is 5.92 Å². The van der Waals surface area contributed by atoms with Gasteiger partial charge in [0.25, 0.3) is 0 Å². The normalized spacial score (nSPS) is 19.1. The molecule has 0 radical (unpaired) electrons. The quantitative estimate of drug-likeness (QED) is 0.300. The van der Waals surface area contributed by atoms with E-state index in [-0.39, 0.29) is 17.7 Å². The molecule has 0 fully saturated rings. The Bertz CT molecular complexity index is 1480. The number of allylic oxidation sites excluding steroid dienone is 1. The van der Waals surface area contributed by atoms with Gasteiger partial charge in [0.05, 0.1) is 24.0 Å². The molecule has 2 N–H and O–H groups in total. The van der Waals surface area contributed by atoms with E-state index < -0.39 is 0 Å². The first-order valence-electron chi connectivity index (χ1n) is 13.2. The molecular formula is C33H32N2O2. The van der Waals surface area contributed by atoms with Gasteiger partial charge in [-0.25, -0.2) is 0 Å². The van der Waals surface area contributed by atoms with Gasteiger partial charge in [-0.05, 0) is 64.4 Å². The van der Waals surface area contributed by atoms with E-state index in [2.05, 4.69) is 91.2 Å². The fourth-order valence-corrected chi connectivity index (χ4v) is 5.56. The molecule has 6 rings (SSSR count). The lowest BCUT2D eigenvalue weighted by Gasteiger charge is -2.30. The summed E-state index contributed by atoms with van der Waals surface area (Å²) in [4.78, 5) is 13.9. The number of hydrogen-bond acceptors (Lipinski definition) is 4. The molecular weight excluding hydrogens is 456 g/mol. The van der Waals surface area contributed by atoms with Gasteiger partial charge >= 0.3 is 0 Å². The highest BCUT2D eigenvalue weighted by atomic mass is 16.5. The van der Waals surface area contributed by atoms with E-state index >= 15 is 0 Å². The van der Waals surface area contributed by atoms with Gasteiger partial charge in [-0.3, -0.25) is 4.79 Å². The maximum absolute atomic E-state index is 13.9. The molecule has 1 aliphatic carbocycles. The van der Waals surface area contributed by atoms with Crippen molar-refractivity contribution < 1.29 is 9.53 Å². The monoisotopic (exact) mass is 488 g/mol. The number of carbonyl (C=O) groups excluding carboxylic acids is 1. The van der Waals surface area contributed by atoms with Gasteiger partial charge in [0, 0.05) is 17.7 Å². The molecule has 0 spiro atoms. The second kappa shape index (κ2) is 9.78. The van der Waals surface area contributed by atoms with Crippen LogP contribution in [0.5, 0.6) is 5.75 Å². The lowest BCUT2D eigenvalue weighted by Crippen LogP contribution is -2.27. The number of carbonyl (C=O) groups is 1. The first-order valence-corrected chi connectivity index (χ1v) is 13.2. The van der Waals surface area contributed by atoms with E-state index in [1.54, 1.807) is 0 Å². The van der Waals surface area contributed by atoms with Gasteiger partial charge in [0.2, 0.25) is 0 Å². The molecule has 0 amide bonds. The van der Waals surface area contributed by atoms with E-state index in [0.29, 0.717) is 18.9 Å². The van der Waals surface area contributed by atoms with Crippen LogP contribution in [0.4, 0.5) is 11.4 Å². The van der Waals surface area contributed by atoms with E-state index in [0.717, 1.165) is 40.4 Å². The minimum atomic E-state index is -0.225. The average molecular weight is 489 g/mol. The number of ether oxygens (including phenoxy) is 1. The standard InChI is InChI=1S/C33H32N2O2/c1-21(2)20-37-25-16-14-22(15-17-25)24-18-30-32(31(36)19-24)33(35-29-13-6-5-12-28(29)34-30)27-11-7-9-23-8-3-4-10-26(23)27/h3-17,21,24,33-35H,18-20H2,1-2H3. The van der Waals surface area contributed by atoms with Crippen LogP contribution in [0.1, 0.15) is 49.8 Å². The number of benzene rings is 4. The van der Waals surface area contributed by atoms with Crippen LogP contribution in [0.25, 0.3) is 10.8 Å². The van der Waals surface area contributed by atoms with Crippen molar-refractivity contribution in [2.45, 2.75) is 38.6 Å². The van der Waals surface area contributed by atoms with E-state index in [1.807, 2.05) is 24.3 Å². The van der Waals surface area contributed by atoms with Crippen molar-refractivity contribution in [2.24, 2.45) is 5.92 Å². The molecule has 0 saturated heterocycles. The first-order chi connectivity index (χ1) is 18.1. The zero-order valence-electron chi connectivity index (χ0n) is 21.3. The van der Waals surface area contributed by atoms with Gasteiger partial charge in [-0.1, -0.05) is 80.6 Å². The summed E-state index contributed by atoms with van der Waals surface area (Å²) in [6.07, 6.45) is 1.27. The lowest BCUT2D eigenvalue weighted by atomic mass is 9.78. The van der Waals surface area contributed by atoms with Crippen LogP contribution in [0.3, 0.4) is 0 Å². The van der Waals surface area contributed by atoms with Crippen molar-refractivity contribution in [2.75, 3.05) is 17.2 Å². The fraction of sp³-hybridized carbons (Fsp3) is 0.242. The lowest BCUT2D eigenvalue weighted by molar-refractivity contribution is -0.116. The zero-order valence-corrected chi connectivity index (χ0v) is 21.3. The van der Waals surface area contributed by atoms with Gasteiger partial charge in [0.1, 0.15) is 5.75 Å². The van der Waals surface area contributed by atoms with E-state index in [9.17, 15) is 4.79 Å². The highest BCUT2D eigenvalue weighted by Crippen LogP contribution is 2.45. The molecule has 2 atom stereocenters. The summed E-state index contributed by atoms with van der Waals surface area (Å²) in [5.41, 5.74) is 6.17. The summed E-state index contributed by atoms with van der Waals surface area (Å²) in [5.74, 6) is 1.67. The average Bonchev–Trinajstić information content (AvgIpc) is 3.09. The minimum absolute atomic E-state index is 0.122. The molecule has 4 aromatic carbocycles. The topological polar surface area (TPSA) is 50.4 Å². The number of rotatable bonds is 5. The Balaban J connectivity index is 1.39. The number of nitrogens with one attached hydrogen (secondary N) is 2. The largest absolute Gasteiger partial charge is 0.493 e. The third kappa shape index (κ3) is 4.60. The van der Waals surface area contributed by atoms with Crippen molar-refractivity contribution >= 4 is 27.9 Å². The summed E-state index contributed by atoms with van der Waals surface area (Å²) in [5, 5.41) is 9.72. The number of ketones is 1. The molecule has 4 heteroatoms. The second-order valence-electron chi connectivity index (χ2n) is 10.5. The van der Waals surface area contributed by atoms with Crippen LogP contribution in [0.2, 0.25) is 0 Å². The van der Waals surface area contributed by atoms with E-state index in [1.165, 1.54) is 16.3 Å². The van der Waals surface area contributed by atoms with Crippen LogP contribution in [-0.2, 0) is 4.79 Å². The number of hydrogen-bond donors (Lipinski definition) is 2. The van der Waals surface area contributed by atoms with Crippen molar-refractivity contribution in [1.82, 2.24) is 0 Å². The highest BCUT2D eigenvalue weighted by molar-refractivity contribution is 6.02. The van der Waals surface area contributed by atoms with Gasteiger partial charge in [-0.15, -0.1) is 0 Å². The second-order valence-corrected chi connectivity index (χ2v) is 10.5. The number of fused-ring (bicyclic) bond motifs is 2. The summed E-state index contributed by atoms with van der Waals surface area (Å²) in [7, 11) is 0. The Morgan fingerprint density at radius 3 is 2.38 bits per heavy atom. The van der Waals surface area contributed by atoms with Gasteiger partial charge < -0.3 is 15.4 Å². The molecule has 4 aromatic rings. The molecule has 2 aliphatic rings. The summed E-state index contributed by atoms with van der Waals surface area (Å²) >= 11 is 0. The molecule has 4 nitrogen and oxygen atoms in total. The first kappa shape index (κ1) is 23.4. The fourth-order valence-electron chi connectivity index (χ4n) is 5.56. The molecule has 0 aromatic heterocycles. The number of Topliss-reactive ketones (excluding diaryl/α,β-unsaturated/α-hetero) is 1. The zero-order chi connectivity index (χ0) is 25.4. The third-order valence-corrected chi connectivity index (χ3v) is 7.38. The highest BCUT2D eigenvalue weighted by Gasteiger charge is 2.36. The van der Waals surface area contributed by atoms with Crippen molar-refractivity contribution in [3.63, 3.8) is 0 Å². The Kier molecular flexibility index (Phi) is 6.17. The minimum Gasteiger partial charge on any atom is -0.493 e.